The van der Waals surface area contributed by atoms with Gasteiger partial charge in [0.1, 0.15) is 10.3 Å². The van der Waals surface area contributed by atoms with Crippen molar-refractivity contribution in [1.82, 2.24) is 9.62 Å². The molecule has 4 saturated carbocycles. The Kier molecular flexibility index (Phi) is 4.60. The molecule has 4 bridgehead atoms. The first-order valence-electron chi connectivity index (χ1n) is 11.4. The predicted molar refractivity (Wildman–Crippen MR) is 120 cm³/mol. The number of nitrogens with one attached hydrogen (secondary N) is 1. The highest BCUT2D eigenvalue weighted by atomic mass is 32.2. The fraction of sp³-hybridized carbons (Fsp3) is 0.542. The van der Waals surface area contributed by atoms with Crippen LogP contribution in [0.3, 0.4) is 0 Å². The number of thiophene rings is 1. The molecule has 1 aromatic carbocycles. The summed E-state index contributed by atoms with van der Waals surface area (Å²) in [5.41, 5.74) is 1.94. The Morgan fingerprint density at radius 1 is 0.968 bits per heavy atom. The Bertz CT molecular complexity index is 1070. The lowest BCUT2D eigenvalue weighted by Crippen LogP contribution is -2.63. The van der Waals surface area contributed by atoms with Crippen molar-refractivity contribution >= 4 is 27.3 Å². The maximum absolute atomic E-state index is 13.7. The van der Waals surface area contributed by atoms with Crippen LogP contribution in [0.5, 0.6) is 0 Å². The van der Waals surface area contributed by atoms with E-state index < -0.39 is 16.1 Å². The summed E-state index contributed by atoms with van der Waals surface area (Å²) >= 11 is 1.21. The lowest BCUT2D eigenvalue weighted by molar-refractivity contribution is -0.131. The first kappa shape index (κ1) is 19.9. The van der Waals surface area contributed by atoms with E-state index in [2.05, 4.69) is 5.32 Å². The second-order valence-corrected chi connectivity index (χ2v) is 13.2. The third kappa shape index (κ3) is 3.36. The van der Waals surface area contributed by atoms with Gasteiger partial charge in [-0.1, -0.05) is 30.3 Å². The summed E-state index contributed by atoms with van der Waals surface area (Å²) in [5.74, 6) is 2.07. The molecule has 4 aliphatic carbocycles. The van der Waals surface area contributed by atoms with Crippen LogP contribution in [0.2, 0.25) is 0 Å². The lowest BCUT2D eigenvalue weighted by Gasteiger charge is -2.57. The van der Waals surface area contributed by atoms with E-state index in [4.69, 9.17) is 0 Å². The first-order chi connectivity index (χ1) is 14.9. The van der Waals surface area contributed by atoms with Crippen LogP contribution in [0, 0.1) is 17.8 Å². The molecule has 1 atom stereocenters. The summed E-state index contributed by atoms with van der Waals surface area (Å²) in [6.07, 6.45) is 7.54. The first-order valence-corrected chi connectivity index (χ1v) is 13.7. The van der Waals surface area contributed by atoms with Crippen molar-refractivity contribution in [2.24, 2.45) is 17.8 Å². The molecule has 31 heavy (non-hydrogen) atoms. The average molecular weight is 457 g/mol. The minimum atomic E-state index is -3.73. The molecule has 0 radical (unpaired) electrons. The molecule has 1 amide bonds. The van der Waals surface area contributed by atoms with Crippen molar-refractivity contribution in [1.29, 1.82) is 0 Å². The standard InChI is InChI=1S/C24H28N2O3S2/c27-23(25-24-12-16-8-17(13-24)10-18(9-16)14-24)21-11-19-4-1-2-5-20(19)15-26(21)31(28,29)22-6-3-7-30-22/h1-7,16-18,21H,8-15H2,(H,25,27)/t16?,17?,18?,21-,24?/m0/s1. The average Bonchev–Trinajstić information content (AvgIpc) is 3.27. The van der Waals surface area contributed by atoms with Crippen LogP contribution in [0.4, 0.5) is 0 Å². The minimum absolute atomic E-state index is 0.114. The summed E-state index contributed by atoms with van der Waals surface area (Å²) in [7, 11) is -3.73. The third-order valence-electron chi connectivity index (χ3n) is 7.99. The van der Waals surface area contributed by atoms with Gasteiger partial charge in [-0.15, -0.1) is 11.3 Å². The summed E-state index contributed by atoms with van der Waals surface area (Å²) in [4.78, 5) is 13.7. The number of benzene rings is 1. The lowest BCUT2D eigenvalue weighted by atomic mass is 9.53. The Hall–Kier alpha value is -1.70. The van der Waals surface area contributed by atoms with Crippen LogP contribution in [-0.4, -0.2) is 30.2 Å². The number of nitrogens with zero attached hydrogens (tertiary/aromatic N) is 1. The van der Waals surface area contributed by atoms with Gasteiger partial charge in [-0.3, -0.25) is 4.79 Å². The largest absolute Gasteiger partial charge is 0.349 e. The molecular weight excluding hydrogens is 428 g/mol. The number of fused-ring (bicyclic) bond motifs is 1. The molecular formula is C24H28N2O3S2. The number of sulfonamides is 1. The van der Waals surface area contributed by atoms with E-state index in [9.17, 15) is 13.2 Å². The van der Waals surface area contributed by atoms with Gasteiger partial charge in [0, 0.05) is 12.1 Å². The molecule has 1 N–H and O–H groups in total. The summed E-state index contributed by atoms with van der Waals surface area (Å²) in [6.45, 7) is 0.245. The number of rotatable bonds is 4. The fourth-order valence-corrected chi connectivity index (χ4v) is 9.79. The van der Waals surface area contributed by atoms with Crippen LogP contribution in [0.25, 0.3) is 0 Å². The third-order valence-corrected chi connectivity index (χ3v) is 11.2. The van der Waals surface area contributed by atoms with Crippen molar-refractivity contribution in [2.75, 3.05) is 0 Å². The molecule has 4 fully saturated rings. The zero-order valence-electron chi connectivity index (χ0n) is 17.5. The molecule has 5 nitrogen and oxygen atoms in total. The highest BCUT2D eigenvalue weighted by molar-refractivity contribution is 7.91. The van der Waals surface area contributed by atoms with E-state index in [1.54, 1.807) is 17.5 Å². The monoisotopic (exact) mass is 456 g/mol. The Labute approximate surface area is 187 Å². The second-order valence-electron chi connectivity index (χ2n) is 10.2. The second kappa shape index (κ2) is 7.15. The van der Waals surface area contributed by atoms with E-state index in [1.165, 1.54) is 34.9 Å². The summed E-state index contributed by atoms with van der Waals surface area (Å²) < 4.78 is 28.7. The number of hydrogen-bond acceptors (Lipinski definition) is 4. The van der Waals surface area contributed by atoms with Crippen molar-refractivity contribution in [3.63, 3.8) is 0 Å². The van der Waals surface area contributed by atoms with E-state index >= 15 is 0 Å². The fourth-order valence-electron chi connectivity index (χ4n) is 7.11. The zero-order valence-corrected chi connectivity index (χ0v) is 19.1. The highest BCUT2D eigenvalue weighted by Gasteiger charge is 2.52. The Balaban J connectivity index is 1.33. The van der Waals surface area contributed by atoms with Gasteiger partial charge in [-0.05, 0) is 85.3 Å². The van der Waals surface area contributed by atoms with Gasteiger partial charge in [0.05, 0.1) is 0 Å². The SMILES string of the molecule is O=C(NC12CC3CC(CC(C3)C1)C2)[C@@H]1Cc2ccccc2CN1S(=O)(=O)c1cccs1. The molecule has 0 saturated heterocycles. The van der Waals surface area contributed by atoms with Crippen LogP contribution >= 0.6 is 11.3 Å². The van der Waals surface area contributed by atoms with Crippen molar-refractivity contribution in [2.45, 2.75) is 67.3 Å². The topological polar surface area (TPSA) is 66.5 Å². The quantitative estimate of drug-likeness (QED) is 0.758. The molecule has 164 valence electrons. The number of amides is 1. The Morgan fingerprint density at radius 2 is 1.61 bits per heavy atom. The van der Waals surface area contributed by atoms with Crippen molar-refractivity contribution < 1.29 is 13.2 Å². The van der Waals surface area contributed by atoms with Crippen molar-refractivity contribution in [3.05, 3.63) is 52.9 Å². The molecule has 5 aliphatic rings. The van der Waals surface area contributed by atoms with Gasteiger partial charge in [0.15, 0.2) is 0 Å². The Morgan fingerprint density at radius 3 is 2.23 bits per heavy atom. The van der Waals surface area contributed by atoms with Crippen molar-refractivity contribution in [3.8, 4) is 0 Å². The van der Waals surface area contributed by atoms with Crippen LogP contribution < -0.4 is 5.32 Å². The molecule has 0 spiro atoms. The molecule has 2 aromatic rings. The van der Waals surface area contributed by atoms with Crippen LogP contribution in [0.1, 0.15) is 49.7 Å². The molecule has 7 rings (SSSR count). The van der Waals surface area contributed by atoms with E-state index in [0.717, 1.165) is 48.1 Å². The number of carbonyl (C=O) groups is 1. The normalized spacial score (nSPS) is 34.5. The van der Waals surface area contributed by atoms with Gasteiger partial charge in [0.25, 0.3) is 10.0 Å². The molecule has 1 aliphatic heterocycles. The number of carbonyl (C=O) groups excluding carboxylic acids is 1. The van der Waals surface area contributed by atoms with Gasteiger partial charge >= 0.3 is 0 Å². The zero-order chi connectivity index (χ0) is 21.2. The van der Waals surface area contributed by atoms with Crippen LogP contribution in [0.15, 0.2) is 46.0 Å². The summed E-state index contributed by atoms with van der Waals surface area (Å²) in [5, 5.41) is 5.20. The smallest absolute Gasteiger partial charge is 0.253 e. The maximum atomic E-state index is 13.7. The minimum Gasteiger partial charge on any atom is -0.349 e. The van der Waals surface area contributed by atoms with Gasteiger partial charge in [-0.2, -0.15) is 4.31 Å². The van der Waals surface area contributed by atoms with Crippen LogP contribution in [-0.2, 0) is 27.8 Å². The maximum Gasteiger partial charge on any atom is 0.253 e. The predicted octanol–water partition coefficient (Wildman–Crippen LogP) is 3.95. The molecule has 1 aromatic heterocycles. The van der Waals surface area contributed by atoms with E-state index in [0.29, 0.717) is 10.6 Å². The summed E-state index contributed by atoms with van der Waals surface area (Å²) in [6, 6.07) is 10.6. The molecule has 2 heterocycles. The molecule has 7 heteroatoms. The molecule has 0 unspecified atom stereocenters. The van der Waals surface area contributed by atoms with Gasteiger partial charge in [0.2, 0.25) is 5.91 Å². The van der Waals surface area contributed by atoms with E-state index in [1.807, 2.05) is 24.3 Å². The highest BCUT2D eigenvalue weighted by Crippen LogP contribution is 2.55. The van der Waals surface area contributed by atoms with Gasteiger partial charge < -0.3 is 5.32 Å². The van der Waals surface area contributed by atoms with Gasteiger partial charge in [-0.25, -0.2) is 8.42 Å². The number of hydrogen-bond donors (Lipinski definition) is 1. The van der Waals surface area contributed by atoms with E-state index in [-0.39, 0.29) is 18.0 Å².